The van der Waals surface area contributed by atoms with Gasteiger partial charge in [-0.15, -0.1) is 0 Å². The van der Waals surface area contributed by atoms with Crippen LogP contribution in [0.3, 0.4) is 0 Å². The summed E-state index contributed by atoms with van der Waals surface area (Å²) < 4.78 is 2.15. The maximum absolute atomic E-state index is 12.6. The van der Waals surface area contributed by atoms with Crippen LogP contribution in [0.1, 0.15) is 28.1 Å². The molecular formula is C24H22ClN3O. The molecular weight excluding hydrogens is 382 g/mol. The van der Waals surface area contributed by atoms with Crippen molar-refractivity contribution in [1.29, 1.82) is 5.26 Å². The minimum atomic E-state index is -0.466. The monoisotopic (exact) mass is 403 g/mol. The first-order chi connectivity index (χ1) is 13.8. The third kappa shape index (κ3) is 4.26. The zero-order chi connectivity index (χ0) is 21.1. The van der Waals surface area contributed by atoms with E-state index in [4.69, 9.17) is 11.6 Å². The van der Waals surface area contributed by atoms with Gasteiger partial charge in [0.1, 0.15) is 11.6 Å². The van der Waals surface area contributed by atoms with E-state index in [0.717, 1.165) is 22.6 Å². The predicted molar refractivity (Wildman–Crippen MR) is 118 cm³/mol. The Morgan fingerprint density at radius 2 is 1.83 bits per heavy atom. The molecule has 1 heterocycles. The summed E-state index contributed by atoms with van der Waals surface area (Å²) in [5.41, 5.74) is 6.93. The molecule has 146 valence electrons. The highest BCUT2D eigenvalue weighted by atomic mass is 35.5. The standard InChI is InChI=1S/C24H22ClN3O/c1-15-7-5-10-23(17(15)3)28-16(2)11-19(18(28)4)12-20(14-26)24(29)27-22-9-6-8-21(25)13-22/h5-13H,1-4H3,(H,27,29)/b20-12+. The number of carbonyl (C=O) groups is 1. The first-order valence-corrected chi connectivity index (χ1v) is 9.64. The average Bonchev–Trinajstić information content (AvgIpc) is 2.95. The fourth-order valence-electron chi connectivity index (χ4n) is 3.35. The number of benzene rings is 2. The molecule has 0 atom stereocenters. The van der Waals surface area contributed by atoms with E-state index in [1.165, 1.54) is 11.1 Å². The van der Waals surface area contributed by atoms with Gasteiger partial charge in [-0.2, -0.15) is 5.26 Å². The molecule has 3 rings (SSSR count). The number of aryl methyl sites for hydroxylation is 2. The lowest BCUT2D eigenvalue weighted by Crippen LogP contribution is -2.13. The summed E-state index contributed by atoms with van der Waals surface area (Å²) in [5, 5.41) is 12.8. The second-order valence-electron chi connectivity index (χ2n) is 7.02. The van der Waals surface area contributed by atoms with Crippen LogP contribution in [0, 0.1) is 39.0 Å². The molecule has 0 aliphatic heterocycles. The summed E-state index contributed by atoms with van der Waals surface area (Å²) in [6.07, 6.45) is 1.63. The number of halogens is 1. The number of hydrogen-bond acceptors (Lipinski definition) is 2. The lowest BCUT2D eigenvalue weighted by atomic mass is 10.1. The Balaban J connectivity index is 1.98. The molecule has 0 spiro atoms. The largest absolute Gasteiger partial charge is 0.321 e. The van der Waals surface area contributed by atoms with Gasteiger partial charge in [0.2, 0.25) is 0 Å². The van der Waals surface area contributed by atoms with Crippen LogP contribution in [0.25, 0.3) is 11.8 Å². The van der Waals surface area contributed by atoms with E-state index >= 15 is 0 Å². The van der Waals surface area contributed by atoms with Crippen molar-refractivity contribution in [3.8, 4) is 11.8 Å². The van der Waals surface area contributed by atoms with E-state index in [-0.39, 0.29) is 5.57 Å². The molecule has 0 aliphatic rings. The van der Waals surface area contributed by atoms with Gasteiger partial charge in [-0.1, -0.05) is 29.8 Å². The molecule has 3 aromatic rings. The van der Waals surface area contributed by atoms with Crippen molar-refractivity contribution in [2.24, 2.45) is 0 Å². The van der Waals surface area contributed by atoms with E-state index in [1.807, 2.05) is 32.0 Å². The number of nitrogens with one attached hydrogen (secondary N) is 1. The van der Waals surface area contributed by atoms with Crippen molar-refractivity contribution in [3.05, 3.63) is 87.2 Å². The lowest BCUT2D eigenvalue weighted by Gasteiger charge is -2.14. The van der Waals surface area contributed by atoms with Gasteiger partial charge in [0.05, 0.1) is 0 Å². The molecule has 0 saturated carbocycles. The average molecular weight is 404 g/mol. The number of aromatic nitrogens is 1. The van der Waals surface area contributed by atoms with Crippen molar-refractivity contribution in [3.63, 3.8) is 0 Å². The highest BCUT2D eigenvalue weighted by Crippen LogP contribution is 2.26. The van der Waals surface area contributed by atoms with Crippen LogP contribution in [-0.4, -0.2) is 10.5 Å². The third-order valence-corrected chi connectivity index (χ3v) is 5.27. The molecule has 1 N–H and O–H groups in total. The second kappa shape index (κ2) is 8.38. The van der Waals surface area contributed by atoms with Crippen molar-refractivity contribution in [2.75, 3.05) is 5.32 Å². The summed E-state index contributed by atoms with van der Waals surface area (Å²) >= 11 is 5.96. The van der Waals surface area contributed by atoms with Crippen LogP contribution in [0.4, 0.5) is 5.69 Å². The SMILES string of the molecule is Cc1cccc(-n2c(C)cc(/C=C(\C#N)C(=O)Nc3cccc(Cl)c3)c2C)c1C. The second-order valence-corrected chi connectivity index (χ2v) is 7.45. The highest BCUT2D eigenvalue weighted by molar-refractivity contribution is 6.31. The third-order valence-electron chi connectivity index (χ3n) is 5.03. The summed E-state index contributed by atoms with van der Waals surface area (Å²) in [6.45, 7) is 8.19. The fraction of sp³-hybridized carbons (Fsp3) is 0.167. The summed E-state index contributed by atoms with van der Waals surface area (Å²) in [4.78, 5) is 12.6. The number of amides is 1. The normalized spacial score (nSPS) is 11.2. The predicted octanol–water partition coefficient (Wildman–Crippen LogP) is 5.91. The zero-order valence-corrected chi connectivity index (χ0v) is 17.6. The van der Waals surface area contributed by atoms with Gasteiger partial charge in [0, 0.05) is 27.8 Å². The van der Waals surface area contributed by atoms with Gasteiger partial charge in [0.25, 0.3) is 5.91 Å². The molecule has 5 heteroatoms. The van der Waals surface area contributed by atoms with Crippen molar-refractivity contribution in [2.45, 2.75) is 27.7 Å². The summed E-state index contributed by atoms with van der Waals surface area (Å²) in [6, 6.07) is 17.0. The van der Waals surface area contributed by atoms with E-state index < -0.39 is 5.91 Å². The van der Waals surface area contributed by atoms with Crippen LogP contribution < -0.4 is 5.32 Å². The number of anilines is 1. The Labute approximate surface area is 176 Å². The first kappa shape index (κ1) is 20.4. The molecule has 29 heavy (non-hydrogen) atoms. The molecule has 2 aromatic carbocycles. The number of carbonyl (C=O) groups excluding carboxylic acids is 1. The molecule has 1 aromatic heterocycles. The van der Waals surface area contributed by atoms with Gasteiger partial charge in [-0.3, -0.25) is 4.79 Å². The Bertz CT molecular complexity index is 1170. The molecule has 0 fully saturated rings. The maximum atomic E-state index is 12.6. The fourth-order valence-corrected chi connectivity index (χ4v) is 3.54. The maximum Gasteiger partial charge on any atom is 0.266 e. The summed E-state index contributed by atoms with van der Waals surface area (Å²) in [7, 11) is 0. The van der Waals surface area contributed by atoms with Crippen LogP contribution >= 0.6 is 11.6 Å². The van der Waals surface area contributed by atoms with Crippen LogP contribution in [0.5, 0.6) is 0 Å². The minimum Gasteiger partial charge on any atom is -0.321 e. The van der Waals surface area contributed by atoms with E-state index in [2.05, 4.69) is 35.9 Å². The van der Waals surface area contributed by atoms with Gasteiger partial charge in [0.15, 0.2) is 0 Å². The zero-order valence-electron chi connectivity index (χ0n) is 16.9. The van der Waals surface area contributed by atoms with E-state index in [0.29, 0.717) is 10.7 Å². The molecule has 4 nitrogen and oxygen atoms in total. The molecule has 1 amide bonds. The van der Waals surface area contributed by atoms with Crippen molar-refractivity contribution >= 4 is 29.3 Å². The van der Waals surface area contributed by atoms with Gasteiger partial charge in [-0.05, 0) is 80.8 Å². The van der Waals surface area contributed by atoms with Gasteiger partial charge >= 0.3 is 0 Å². The quantitative estimate of drug-likeness (QED) is 0.434. The van der Waals surface area contributed by atoms with E-state index in [1.54, 1.807) is 30.3 Å². The van der Waals surface area contributed by atoms with Crippen LogP contribution in [-0.2, 0) is 4.79 Å². The molecule has 0 unspecified atom stereocenters. The molecule has 0 radical (unpaired) electrons. The Kier molecular flexibility index (Phi) is 5.91. The number of rotatable bonds is 4. The number of nitrogens with zero attached hydrogens (tertiary/aromatic N) is 2. The number of hydrogen-bond donors (Lipinski definition) is 1. The van der Waals surface area contributed by atoms with Gasteiger partial charge < -0.3 is 9.88 Å². The Morgan fingerprint density at radius 3 is 2.52 bits per heavy atom. The highest BCUT2D eigenvalue weighted by Gasteiger charge is 2.15. The lowest BCUT2D eigenvalue weighted by molar-refractivity contribution is -0.112. The molecule has 0 aliphatic carbocycles. The number of nitriles is 1. The minimum absolute atomic E-state index is 0.0335. The van der Waals surface area contributed by atoms with Crippen LogP contribution in [0.15, 0.2) is 54.1 Å². The van der Waals surface area contributed by atoms with E-state index in [9.17, 15) is 10.1 Å². The topological polar surface area (TPSA) is 57.8 Å². The van der Waals surface area contributed by atoms with Crippen molar-refractivity contribution in [1.82, 2.24) is 4.57 Å². The molecule has 0 bridgehead atoms. The Morgan fingerprint density at radius 1 is 1.10 bits per heavy atom. The first-order valence-electron chi connectivity index (χ1n) is 9.26. The van der Waals surface area contributed by atoms with Crippen LogP contribution in [0.2, 0.25) is 5.02 Å². The molecule has 0 saturated heterocycles. The van der Waals surface area contributed by atoms with Crippen molar-refractivity contribution < 1.29 is 4.79 Å². The smallest absolute Gasteiger partial charge is 0.266 e. The summed E-state index contributed by atoms with van der Waals surface area (Å²) in [5.74, 6) is -0.466. The van der Waals surface area contributed by atoms with Gasteiger partial charge in [-0.25, -0.2) is 0 Å². The Hall–Kier alpha value is -3.29.